The first-order chi connectivity index (χ1) is 8.58. The molecule has 0 radical (unpaired) electrons. The summed E-state index contributed by atoms with van der Waals surface area (Å²) in [7, 11) is 0. The number of ether oxygens (including phenoxy) is 1. The summed E-state index contributed by atoms with van der Waals surface area (Å²) in [5.74, 6) is -1.81. The van der Waals surface area contributed by atoms with Crippen molar-refractivity contribution in [1.29, 1.82) is 0 Å². The van der Waals surface area contributed by atoms with Crippen LogP contribution in [0.1, 0.15) is 37.7 Å². The Balaban J connectivity index is 2.19. The highest BCUT2D eigenvalue weighted by atomic mass is 32.1. The van der Waals surface area contributed by atoms with Crippen LogP contribution in [0, 0.1) is 11.6 Å². The first-order valence-electron chi connectivity index (χ1n) is 6.03. The number of rotatable bonds is 3. The van der Waals surface area contributed by atoms with E-state index >= 15 is 0 Å². The van der Waals surface area contributed by atoms with Crippen LogP contribution in [0.15, 0.2) is 12.1 Å². The van der Waals surface area contributed by atoms with Gasteiger partial charge >= 0.3 is 0 Å². The summed E-state index contributed by atoms with van der Waals surface area (Å²) in [4.78, 5) is -0.0305. The molecule has 2 N–H and O–H groups in total. The average molecular weight is 271 g/mol. The molecule has 1 aliphatic carbocycles. The van der Waals surface area contributed by atoms with Crippen LogP contribution in [0.2, 0.25) is 0 Å². The number of hydrogen-bond donors (Lipinski definition) is 1. The monoisotopic (exact) mass is 271 g/mol. The second kappa shape index (κ2) is 5.61. The van der Waals surface area contributed by atoms with E-state index in [1.165, 1.54) is 0 Å². The van der Waals surface area contributed by atoms with Gasteiger partial charge in [-0.2, -0.15) is 0 Å². The number of halogens is 2. The smallest absolute Gasteiger partial charge is 0.191 e. The fourth-order valence-corrected chi connectivity index (χ4v) is 2.28. The molecular formula is C13H15F2NOS. The quantitative estimate of drug-likeness (QED) is 0.857. The lowest BCUT2D eigenvalue weighted by atomic mass is 9.98. The van der Waals surface area contributed by atoms with Crippen LogP contribution in [0.3, 0.4) is 0 Å². The Kier molecular flexibility index (Phi) is 4.11. The van der Waals surface area contributed by atoms with Gasteiger partial charge in [0.25, 0.3) is 0 Å². The largest absolute Gasteiger partial charge is 0.484 e. The Hall–Kier alpha value is -1.23. The molecule has 1 fully saturated rings. The Morgan fingerprint density at radius 1 is 1.17 bits per heavy atom. The summed E-state index contributed by atoms with van der Waals surface area (Å²) in [6, 6.07) is 2.23. The van der Waals surface area contributed by atoms with Crippen molar-refractivity contribution in [3.8, 4) is 5.75 Å². The third-order valence-corrected chi connectivity index (χ3v) is 3.36. The lowest BCUT2D eigenvalue weighted by Gasteiger charge is -2.23. The van der Waals surface area contributed by atoms with Crippen molar-refractivity contribution < 1.29 is 13.5 Å². The molecule has 1 aliphatic rings. The van der Waals surface area contributed by atoms with Crippen molar-refractivity contribution in [2.75, 3.05) is 0 Å². The highest BCUT2D eigenvalue weighted by Gasteiger charge is 2.20. The Morgan fingerprint density at radius 2 is 1.72 bits per heavy atom. The normalized spacial score (nSPS) is 16.6. The summed E-state index contributed by atoms with van der Waals surface area (Å²) in [5.41, 5.74) is 5.52. The minimum Gasteiger partial charge on any atom is -0.484 e. The first-order valence-corrected chi connectivity index (χ1v) is 6.44. The predicted octanol–water partition coefficient (Wildman–Crippen LogP) is 3.31. The molecule has 18 heavy (non-hydrogen) atoms. The van der Waals surface area contributed by atoms with Gasteiger partial charge in [-0.1, -0.05) is 18.6 Å². The molecule has 98 valence electrons. The molecule has 0 bridgehead atoms. The van der Waals surface area contributed by atoms with Crippen LogP contribution in [-0.2, 0) is 0 Å². The van der Waals surface area contributed by atoms with E-state index in [2.05, 4.69) is 12.2 Å². The van der Waals surface area contributed by atoms with Crippen LogP contribution in [0.25, 0.3) is 0 Å². The topological polar surface area (TPSA) is 35.2 Å². The molecule has 0 amide bonds. The maximum Gasteiger partial charge on any atom is 0.191 e. The molecule has 5 heteroatoms. The third-order valence-electron chi connectivity index (χ3n) is 3.12. The average Bonchev–Trinajstić information content (AvgIpc) is 2.34. The van der Waals surface area contributed by atoms with Gasteiger partial charge < -0.3 is 10.5 Å². The van der Waals surface area contributed by atoms with Gasteiger partial charge in [-0.05, 0) is 37.8 Å². The van der Waals surface area contributed by atoms with Gasteiger partial charge in [-0.15, -0.1) is 0 Å². The van der Waals surface area contributed by atoms with Crippen molar-refractivity contribution >= 4 is 17.2 Å². The second-order valence-electron chi connectivity index (χ2n) is 4.51. The molecule has 1 saturated carbocycles. The standard InChI is InChI=1S/C13H15F2NOS/c14-10-6-8(13(16)18)7-11(15)12(10)17-9-4-2-1-3-5-9/h6-7,9H,1-5H2,(H2,16,18). The minimum atomic E-state index is -0.747. The number of hydrogen-bond acceptors (Lipinski definition) is 2. The van der Waals surface area contributed by atoms with E-state index in [9.17, 15) is 8.78 Å². The van der Waals surface area contributed by atoms with Crippen LogP contribution in [0.5, 0.6) is 5.75 Å². The molecular weight excluding hydrogens is 256 g/mol. The van der Waals surface area contributed by atoms with E-state index < -0.39 is 11.6 Å². The minimum absolute atomic E-state index is 0.0305. The summed E-state index contributed by atoms with van der Waals surface area (Å²) in [6.45, 7) is 0. The highest BCUT2D eigenvalue weighted by molar-refractivity contribution is 7.80. The van der Waals surface area contributed by atoms with Crippen LogP contribution < -0.4 is 10.5 Å². The predicted molar refractivity (Wildman–Crippen MR) is 69.7 cm³/mol. The molecule has 2 nitrogen and oxygen atoms in total. The number of benzene rings is 1. The Labute approximate surface area is 110 Å². The zero-order chi connectivity index (χ0) is 13.1. The zero-order valence-electron chi connectivity index (χ0n) is 9.92. The number of nitrogens with two attached hydrogens (primary N) is 1. The molecule has 0 heterocycles. The molecule has 0 aromatic heterocycles. The molecule has 0 atom stereocenters. The van der Waals surface area contributed by atoms with E-state index in [0.717, 1.165) is 44.2 Å². The summed E-state index contributed by atoms with van der Waals surface area (Å²) < 4.78 is 32.9. The second-order valence-corrected chi connectivity index (χ2v) is 4.95. The summed E-state index contributed by atoms with van der Waals surface area (Å²) >= 11 is 4.69. The van der Waals surface area contributed by atoms with Crippen molar-refractivity contribution in [1.82, 2.24) is 0 Å². The molecule has 2 rings (SSSR count). The molecule has 0 unspecified atom stereocenters. The van der Waals surface area contributed by atoms with Gasteiger partial charge in [0.2, 0.25) is 0 Å². The molecule has 0 spiro atoms. The fourth-order valence-electron chi connectivity index (χ4n) is 2.16. The van der Waals surface area contributed by atoms with Crippen molar-refractivity contribution in [3.05, 3.63) is 29.3 Å². The van der Waals surface area contributed by atoms with E-state index in [1.807, 2.05) is 0 Å². The zero-order valence-corrected chi connectivity index (χ0v) is 10.7. The van der Waals surface area contributed by atoms with E-state index in [0.29, 0.717) is 0 Å². The molecule has 0 saturated heterocycles. The van der Waals surface area contributed by atoms with Gasteiger partial charge in [-0.3, -0.25) is 0 Å². The Morgan fingerprint density at radius 3 is 2.22 bits per heavy atom. The lowest BCUT2D eigenvalue weighted by molar-refractivity contribution is 0.142. The molecule has 1 aromatic carbocycles. The van der Waals surface area contributed by atoms with Crippen molar-refractivity contribution in [2.45, 2.75) is 38.2 Å². The lowest BCUT2D eigenvalue weighted by Crippen LogP contribution is -2.21. The van der Waals surface area contributed by atoms with Gasteiger partial charge in [0.1, 0.15) is 4.99 Å². The van der Waals surface area contributed by atoms with Gasteiger partial charge in [-0.25, -0.2) is 8.78 Å². The van der Waals surface area contributed by atoms with E-state index in [1.54, 1.807) is 0 Å². The van der Waals surface area contributed by atoms with Crippen LogP contribution in [0.4, 0.5) is 8.78 Å². The van der Waals surface area contributed by atoms with Crippen molar-refractivity contribution in [3.63, 3.8) is 0 Å². The van der Waals surface area contributed by atoms with Crippen LogP contribution >= 0.6 is 12.2 Å². The van der Waals surface area contributed by atoms with Gasteiger partial charge in [0.05, 0.1) is 6.10 Å². The highest BCUT2D eigenvalue weighted by Crippen LogP contribution is 2.28. The Bertz CT molecular complexity index is 435. The first kappa shape index (κ1) is 13.2. The van der Waals surface area contributed by atoms with Crippen molar-refractivity contribution in [2.24, 2.45) is 5.73 Å². The third kappa shape index (κ3) is 2.96. The maximum atomic E-state index is 13.7. The summed E-state index contributed by atoms with van der Waals surface area (Å²) in [6.07, 6.45) is 4.83. The molecule has 0 aliphatic heterocycles. The fraction of sp³-hybridized carbons (Fsp3) is 0.462. The van der Waals surface area contributed by atoms with Crippen LogP contribution in [-0.4, -0.2) is 11.1 Å². The maximum absolute atomic E-state index is 13.7. The summed E-state index contributed by atoms with van der Waals surface area (Å²) in [5, 5.41) is 0. The SMILES string of the molecule is NC(=S)c1cc(F)c(OC2CCCCC2)c(F)c1. The molecule has 1 aromatic rings. The van der Waals surface area contributed by atoms with E-state index in [-0.39, 0.29) is 22.4 Å². The van der Waals surface area contributed by atoms with Gasteiger partial charge in [0.15, 0.2) is 17.4 Å². The number of thiocarbonyl (C=S) groups is 1. The van der Waals surface area contributed by atoms with E-state index in [4.69, 9.17) is 10.5 Å². The van der Waals surface area contributed by atoms with Gasteiger partial charge in [0, 0.05) is 5.56 Å².